The third-order valence-corrected chi connectivity index (χ3v) is 5.10. The predicted octanol–water partition coefficient (Wildman–Crippen LogP) is 4.36. The molecule has 1 aromatic carbocycles. The van der Waals surface area contributed by atoms with Gasteiger partial charge in [0.05, 0.1) is 15.9 Å². The number of carbonyl (C=O) groups excluding carboxylic acids is 1. The molecule has 2 atom stereocenters. The van der Waals surface area contributed by atoms with Gasteiger partial charge in [0.15, 0.2) is 5.76 Å². The second-order valence-electron chi connectivity index (χ2n) is 3.56. The number of Topliss-reactive ketones (excluding diaryl/α,β-unsaturated/α-hetero) is 1. The van der Waals surface area contributed by atoms with E-state index in [1.54, 1.807) is 12.1 Å². The van der Waals surface area contributed by atoms with Gasteiger partial charge in [0.25, 0.3) is 0 Å². The van der Waals surface area contributed by atoms with Crippen LogP contribution >= 0.6 is 31.9 Å². The summed E-state index contributed by atoms with van der Waals surface area (Å²) in [6, 6.07) is 13.2. The average molecular weight is 358 g/mol. The zero-order valence-electron chi connectivity index (χ0n) is 8.85. The fraction of sp³-hybridized carbons (Fsp3) is 0.154. The van der Waals surface area contributed by atoms with E-state index in [-0.39, 0.29) is 15.4 Å². The van der Waals surface area contributed by atoms with Crippen molar-refractivity contribution in [1.82, 2.24) is 0 Å². The molecule has 0 amide bonds. The normalized spacial score (nSPS) is 14.2. The van der Waals surface area contributed by atoms with Crippen LogP contribution in [0.4, 0.5) is 0 Å². The Morgan fingerprint density at radius 1 is 1.06 bits per heavy atom. The van der Waals surface area contributed by atoms with Gasteiger partial charge in [0, 0.05) is 0 Å². The molecule has 0 aliphatic rings. The van der Waals surface area contributed by atoms with E-state index in [0.29, 0.717) is 5.76 Å². The second-order valence-corrected chi connectivity index (χ2v) is 5.53. The Labute approximate surface area is 116 Å². The zero-order chi connectivity index (χ0) is 12.3. The van der Waals surface area contributed by atoms with Crippen LogP contribution in [0.15, 0.2) is 53.1 Å². The van der Waals surface area contributed by atoms with Gasteiger partial charge in [-0.05, 0) is 17.7 Å². The molecule has 0 saturated carbocycles. The Morgan fingerprint density at radius 2 is 1.76 bits per heavy atom. The predicted molar refractivity (Wildman–Crippen MR) is 73.9 cm³/mol. The highest BCUT2D eigenvalue weighted by Gasteiger charge is 2.27. The van der Waals surface area contributed by atoms with Crippen LogP contribution in [-0.2, 0) is 0 Å². The molecule has 0 saturated heterocycles. The summed E-state index contributed by atoms with van der Waals surface area (Å²) in [6.07, 6.45) is 1.50. The second kappa shape index (κ2) is 5.65. The van der Waals surface area contributed by atoms with Crippen molar-refractivity contribution < 1.29 is 9.21 Å². The SMILES string of the molecule is O=C(c1ccco1)C(Br)C(Br)c1ccccc1. The fourth-order valence-electron chi connectivity index (χ4n) is 1.49. The van der Waals surface area contributed by atoms with Crippen molar-refractivity contribution in [2.45, 2.75) is 9.65 Å². The Bertz CT molecular complexity index is 479. The third kappa shape index (κ3) is 2.87. The van der Waals surface area contributed by atoms with Crippen molar-refractivity contribution in [1.29, 1.82) is 0 Å². The average Bonchev–Trinajstić information content (AvgIpc) is 2.91. The number of hydrogen-bond acceptors (Lipinski definition) is 2. The summed E-state index contributed by atoms with van der Waals surface area (Å²) < 4.78 is 5.10. The molecule has 1 aromatic heterocycles. The van der Waals surface area contributed by atoms with Crippen molar-refractivity contribution in [3.63, 3.8) is 0 Å². The smallest absolute Gasteiger partial charge is 0.213 e. The van der Waals surface area contributed by atoms with Gasteiger partial charge in [-0.25, -0.2) is 0 Å². The molecule has 0 aliphatic heterocycles. The molecule has 88 valence electrons. The quantitative estimate of drug-likeness (QED) is 0.601. The first-order chi connectivity index (χ1) is 8.20. The molecule has 0 radical (unpaired) electrons. The van der Waals surface area contributed by atoms with E-state index in [0.717, 1.165) is 5.56 Å². The minimum atomic E-state index is -0.351. The molecule has 1 heterocycles. The summed E-state index contributed by atoms with van der Waals surface area (Å²) in [5, 5.41) is 0. The first-order valence-electron chi connectivity index (χ1n) is 5.11. The van der Waals surface area contributed by atoms with Crippen LogP contribution in [0.1, 0.15) is 20.9 Å². The molecule has 2 rings (SSSR count). The fourth-order valence-corrected chi connectivity index (χ4v) is 2.57. The van der Waals surface area contributed by atoms with E-state index >= 15 is 0 Å². The summed E-state index contributed by atoms with van der Waals surface area (Å²) in [5.41, 5.74) is 1.05. The molecule has 17 heavy (non-hydrogen) atoms. The number of furan rings is 1. The van der Waals surface area contributed by atoms with Crippen molar-refractivity contribution >= 4 is 37.6 Å². The van der Waals surface area contributed by atoms with Crippen molar-refractivity contribution in [3.05, 3.63) is 60.1 Å². The molecule has 0 bridgehead atoms. The van der Waals surface area contributed by atoms with Gasteiger partial charge in [-0.1, -0.05) is 62.2 Å². The van der Waals surface area contributed by atoms with E-state index < -0.39 is 0 Å². The number of halogens is 2. The van der Waals surface area contributed by atoms with Gasteiger partial charge in [-0.2, -0.15) is 0 Å². The van der Waals surface area contributed by atoms with Gasteiger partial charge < -0.3 is 4.42 Å². The van der Waals surface area contributed by atoms with Gasteiger partial charge in [0.1, 0.15) is 0 Å². The van der Waals surface area contributed by atoms with Crippen LogP contribution in [0.25, 0.3) is 0 Å². The first-order valence-corrected chi connectivity index (χ1v) is 6.94. The van der Waals surface area contributed by atoms with E-state index in [4.69, 9.17) is 4.42 Å². The van der Waals surface area contributed by atoms with Crippen molar-refractivity contribution in [3.8, 4) is 0 Å². The lowest BCUT2D eigenvalue weighted by Crippen LogP contribution is -2.18. The van der Waals surface area contributed by atoms with Crippen LogP contribution in [-0.4, -0.2) is 10.6 Å². The van der Waals surface area contributed by atoms with Gasteiger partial charge >= 0.3 is 0 Å². The zero-order valence-corrected chi connectivity index (χ0v) is 12.0. The molecule has 0 spiro atoms. The summed E-state index contributed by atoms with van der Waals surface area (Å²) in [5.74, 6) is 0.299. The molecule has 2 aromatic rings. The number of ketones is 1. The Kier molecular flexibility index (Phi) is 4.18. The minimum Gasteiger partial charge on any atom is -0.461 e. The molecule has 4 heteroatoms. The summed E-state index contributed by atoms with van der Waals surface area (Å²) in [4.78, 5) is 11.6. The maximum absolute atomic E-state index is 12.0. The number of hydrogen-bond donors (Lipinski definition) is 0. The van der Waals surface area contributed by atoms with Crippen LogP contribution in [0.5, 0.6) is 0 Å². The maximum Gasteiger partial charge on any atom is 0.213 e. The molecular weight excluding hydrogens is 348 g/mol. The highest BCUT2D eigenvalue weighted by molar-refractivity contribution is 9.12. The van der Waals surface area contributed by atoms with Gasteiger partial charge in [-0.15, -0.1) is 0 Å². The number of alkyl halides is 2. The van der Waals surface area contributed by atoms with E-state index in [1.165, 1.54) is 6.26 Å². The maximum atomic E-state index is 12.0. The molecular formula is C13H10Br2O2. The van der Waals surface area contributed by atoms with Crippen LogP contribution < -0.4 is 0 Å². The third-order valence-electron chi connectivity index (χ3n) is 2.39. The van der Waals surface area contributed by atoms with Crippen molar-refractivity contribution in [2.75, 3.05) is 0 Å². The van der Waals surface area contributed by atoms with E-state index in [1.807, 2.05) is 30.3 Å². The minimum absolute atomic E-state index is 0.0688. The van der Waals surface area contributed by atoms with Gasteiger partial charge in [-0.3, -0.25) is 4.79 Å². The molecule has 0 fully saturated rings. The Balaban J connectivity index is 2.15. The lowest BCUT2D eigenvalue weighted by molar-refractivity contribution is 0.0964. The number of benzene rings is 1. The lowest BCUT2D eigenvalue weighted by atomic mass is 10.1. The van der Waals surface area contributed by atoms with Crippen LogP contribution in [0.3, 0.4) is 0 Å². The largest absolute Gasteiger partial charge is 0.461 e. The van der Waals surface area contributed by atoms with Crippen molar-refractivity contribution in [2.24, 2.45) is 0 Å². The van der Waals surface area contributed by atoms with Crippen LogP contribution in [0.2, 0.25) is 0 Å². The summed E-state index contributed by atoms with van der Waals surface area (Å²) in [6.45, 7) is 0. The topological polar surface area (TPSA) is 30.2 Å². The highest BCUT2D eigenvalue weighted by Crippen LogP contribution is 2.33. The van der Waals surface area contributed by atoms with Gasteiger partial charge in [0.2, 0.25) is 5.78 Å². The Hall–Kier alpha value is -0.870. The summed E-state index contributed by atoms with van der Waals surface area (Å²) in [7, 11) is 0. The molecule has 0 N–H and O–H groups in total. The first kappa shape index (κ1) is 12.6. The standard InChI is InChI=1S/C13H10Br2O2/c14-11(9-5-2-1-3-6-9)12(15)13(16)10-7-4-8-17-10/h1-8,11-12H. The molecule has 0 aliphatic carbocycles. The van der Waals surface area contributed by atoms with Crippen LogP contribution in [0, 0.1) is 0 Å². The lowest BCUT2D eigenvalue weighted by Gasteiger charge is -2.14. The molecule has 2 unspecified atom stereocenters. The highest BCUT2D eigenvalue weighted by atomic mass is 79.9. The molecule has 2 nitrogen and oxygen atoms in total. The van der Waals surface area contributed by atoms with E-state index in [9.17, 15) is 4.79 Å². The van der Waals surface area contributed by atoms with E-state index in [2.05, 4.69) is 31.9 Å². The monoisotopic (exact) mass is 356 g/mol. The Morgan fingerprint density at radius 3 is 2.35 bits per heavy atom. The summed E-state index contributed by atoms with van der Waals surface area (Å²) >= 11 is 6.94. The number of carbonyl (C=O) groups is 1. The number of rotatable bonds is 4.